The molecule has 1 rings (SSSR count). The van der Waals surface area contributed by atoms with Crippen molar-refractivity contribution in [3.05, 3.63) is 35.9 Å². The lowest BCUT2D eigenvalue weighted by Gasteiger charge is -2.02. The van der Waals surface area contributed by atoms with E-state index in [0.29, 0.717) is 11.8 Å². The number of nitrogens with zero attached hydrogens (tertiary/aromatic N) is 1. The summed E-state index contributed by atoms with van der Waals surface area (Å²) >= 11 is 0. The molecule has 0 saturated carbocycles. The number of benzene rings is 1. The van der Waals surface area contributed by atoms with E-state index in [1.54, 1.807) is 0 Å². The molecule has 2 nitrogen and oxygen atoms in total. The number of nitrogens with two attached hydrogens (primary N) is 1. The quantitative estimate of drug-likeness (QED) is 0.574. The highest BCUT2D eigenvalue weighted by Gasteiger charge is 1.96. The van der Waals surface area contributed by atoms with Gasteiger partial charge in [-0.3, -0.25) is 4.99 Å². The molecule has 0 amide bonds. The molecule has 76 valence electrons. The first-order valence-electron chi connectivity index (χ1n) is 5.05. The zero-order valence-electron chi connectivity index (χ0n) is 8.90. The van der Waals surface area contributed by atoms with E-state index in [4.69, 9.17) is 5.73 Å². The van der Waals surface area contributed by atoms with Crippen molar-refractivity contribution in [2.45, 2.75) is 20.3 Å². The molecule has 0 bridgehead atoms. The normalized spacial score (nSPS) is 12.1. The summed E-state index contributed by atoms with van der Waals surface area (Å²) in [6.45, 7) is 5.20. The van der Waals surface area contributed by atoms with Crippen molar-refractivity contribution in [1.82, 2.24) is 0 Å². The predicted octanol–water partition coefficient (Wildman–Crippen LogP) is 2.44. The molecule has 1 aromatic rings. The summed E-state index contributed by atoms with van der Waals surface area (Å²) in [6, 6.07) is 9.88. The van der Waals surface area contributed by atoms with Crippen LogP contribution in [0.4, 0.5) is 0 Å². The maximum Gasteiger partial charge on any atom is 0.125 e. The summed E-state index contributed by atoms with van der Waals surface area (Å²) in [7, 11) is 0. The highest BCUT2D eigenvalue weighted by Crippen LogP contribution is 2.01. The van der Waals surface area contributed by atoms with E-state index in [0.717, 1.165) is 18.5 Å². The van der Waals surface area contributed by atoms with Gasteiger partial charge in [0.25, 0.3) is 0 Å². The topological polar surface area (TPSA) is 38.4 Å². The summed E-state index contributed by atoms with van der Waals surface area (Å²) in [5.41, 5.74) is 6.84. The first kappa shape index (κ1) is 10.8. The van der Waals surface area contributed by atoms with Crippen molar-refractivity contribution in [3.63, 3.8) is 0 Å². The van der Waals surface area contributed by atoms with Gasteiger partial charge in [0.1, 0.15) is 5.84 Å². The molecule has 2 N–H and O–H groups in total. The molecule has 0 heterocycles. The van der Waals surface area contributed by atoms with E-state index in [2.05, 4.69) is 18.8 Å². The monoisotopic (exact) mass is 190 g/mol. The Morgan fingerprint density at radius 3 is 2.50 bits per heavy atom. The Morgan fingerprint density at radius 2 is 1.93 bits per heavy atom. The van der Waals surface area contributed by atoms with Crippen molar-refractivity contribution < 1.29 is 0 Å². The van der Waals surface area contributed by atoms with Gasteiger partial charge in [0.05, 0.1) is 0 Å². The minimum absolute atomic E-state index is 0.645. The fraction of sp³-hybridized carbons (Fsp3) is 0.417. The minimum atomic E-state index is 0.645. The smallest absolute Gasteiger partial charge is 0.125 e. The summed E-state index contributed by atoms with van der Waals surface area (Å²) in [5, 5.41) is 0. The maximum atomic E-state index is 5.83. The van der Waals surface area contributed by atoms with Crippen molar-refractivity contribution in [2.75, 3.05) is 6.54 Å². The lowest BCUT2D eigenvalue weighted by molar-refractivity contribution is 0.597. The third kappa shape index (κ3) is 3.60. The fourth-order valence-corrected chi connectivity index (χ4v) is 1.14. The molecule has 0 fully saturated rings. The molecular weight excluding hydrogens is 172 g/mol. The van der Waals surface area contributed by atoms with Crippen LogP contribution in [0, 0.1) is 5.92 Å². The van der Waals surface area contributed by atoms with E-state index >= 15 is 0 Å². The number of rotatable bonds is 4. The van der Waals surface area contributed by atoms with Crippen molar-refractivity contribution in [2.24, 2.45) is 16.6 Å². The van der Waals surface area contributed by atoms with Crippen LogP contribution in [-0.4, -0.2) is 12.4 Å². The van der Waals surface area contributed by atoms with Gasteiger partial charge in [-0.15, -0.1) is 0 Å². The molecule has 0 spiro atoms. The number of hydrogen-bond donors (Lipinski definition) is 1. The third-order valence-corrected chi connectivity index (χ3v) is 2.06. The predicted molar refractivity (Wildman–Crippen MR) is 61.5 cm³/mol. The largest absolute Gasteiger partial charge is 0.384 e. The maximum absolute atomic E-state index is 5.83. The van der Waals surface area contributed by atoms with Gasteiger partial charge in [0.2, 0.25) is 0 Å². The van der Waals surface area contributed by atoms with Crippen LogP contribution in [0.15, 0.2) is 35.3 Å². The van der Waals surface area contributed by atoms with Gasteiger partial charge in [-0.1, -0.05) is 44.2 Å². The van der Waals surface area contributed by atoms with E-state index in [1.165, 1.54) is 0 Å². The van der Waals surface area contributed by atoms with E-state index in [9.17, 15) is 0 Å². The van der Waals surface area contributed by atoms with E-state index < -0.39 is 0 Å². The van der Waals surface area contributed by atoms with Gasteiger partial charge in [0.15, 0.2) is 0 Å². The van der Waals surface area contributed by atoms with Crippen molar-refractivity contribution >= 4 is 5.84 Å². The van der Waals surface area contributed by atoms with Crippen LogP contribution in [0.1, 0.15) is 25.8 Å². The van der Waals surface area contributed by atoms with Crippen LogP contribution in [0.25, 0.3) is 0 Å². The Hall–Kier alpha value is -1.31. The molecule has 0 aliphatic heterocycles. The standard InChI is InChI=1S/C12H18N2/c1-10(2)8-9-14-12(13)11-6-4-3-5-7-11/h3-7,10H,8-9H2,1-2H3,(H2,13,14). The number of hydrogen-bond acceptors (Lipinski definition) is 1. The molecule has 0 aromatic heterocycles. The molecule has 1 aromatic carbocycles. The van der Waals surface area contributed by atoms with Crippen molar-refractivity contribution in [1.29, 1.82) is 0 Å². The first-order chi connectivity index (χ1) is 6.70. The Labute approximate surface area is 85.9 Å². The molecule has 2 heteroatoms. The molecule has 14 heavy (non-hydrogen) atoms. The zero-order valence-corrected chi connectivity index (χ0v) is 8.90. The van der Waals surface area contributed by atoms with Crippen LogP contribution in [-0.2, 0) is 0 Å². The summed E-state index contributed by atoms with van der Waals surface area (Å²) in [5.74, 6) is 1.33. The zero-order chi connectivity index (χ0) is 10.4. The van der Waals surface area contributed by atoms with Crippen LogP contribution < -0.4 is 5.73 Å². The van der Waals surface area contributed by atoms with Crippen molar-refractivity contribution in [3.8, 4) is 0 Å². The molecule has 0 unspecified atom stereocenters. The number of aliphatic imine (C=N–C) groups is 1. The Bertz CT molecular complexity index is 288. The van der Waals surface area contributed by atoms with Crippen LogP contribution in [0.2, 0.25) is 0 Å². The molecular formula is C12H18N2. The van der Waals surface area contributed by atoms with Gasteiger partial charge in [-0.25, -0.2) is 0 Å². The fourth-order valence-electron chi connectivity index (χ4n) is 1.14. The second-order valence-electron chi connectivity index (χ2n) is 3.82. The Balaban J connectivity index is 2.53. The van der Waals surface area contributed by atoms with Gasteiger partial charge >= 0.3 is 0 Å². The average Bonchev–Trinajstić information content (AvgIpc) is 2.18. The lowest BCUT2D eigenvalue weighted by Crippen LogP contribution is -2.14. The highest BCUT2D eigenvalue weighted by molar-refractivity contribution is 5.97. The molecule has 0 atom stereocenters. The lowest BCUT2D eigenvalue weighted by atomic mass is 10.1. The minimum Gasteiger partial charge on any atom is -0.384 e. The van der Waals surface area contributed by atoms with Gasteiger partial charge < -0.3 is 5.73 Å². The third-order valence-electron chi connectivity index (χ3n) is 2.06. The van der Waals surface area contributed by atoms with Gasteiger partial charge in [0, 0.05) is 12.1 Å². The summed E-state index contributed by atoms with van der Waals surface area (Å²) < 4.78 is 0. The SMILES string of the molecule is CC(C)CCN=C(N)c1ccccc1. The van der Waals surface area contributed by atoms with E-state index in [-0.39, 0.29) is 0 Å². The second-order valence-corrected chi connectivity index (χ2v) is 3.82. The summed E-state index contributed by atoms with van der Waals surface area (Å²) in [4.78, 5) is 4.33. The highest BCUT2D eigenvalue weighted by atomic mass is 14.8. The van der Waals surface area contributed by atoms with Gasteiger partial charge in [-0.05, 0) is 12.3 Å². The average molecular weight is 190 g/mol. The Kier molecular flexibility index (Phi) is 4.17. The molecule has 0 saturated heterocycles. The van der Waals surface area contributed by atoms with Crippen LogP contribution in [0.3, 0.4) is 0 Å². The summed E-state index contributed by atoms with van der Waals surface area (Å²) in [6.07, 6.45) is 1.09. The van der Waals surface area contributed by atoms with Crippen LogP contribution in [0.5, 0.6) is 0 Å². The molecule has 0 aliphatic rings. The Morgan fingerprint density at radius 1 is 1.29 bits per heavy atom. The molecule has 0 aliphatic carbocycles. The first-order valence-corrected chi connectivity index (χ1v) is 5.05. The molecule has 0 radical (unpaired) electrons. The van der Waals surface area contributed by atoms with Gasteiger partial charge in [-0.2, -0.15) is 0 Å². The van der Waals surface area contributed by atoms with E-state index in [1.807, 2.05) is 30.3 Å². The number of amidine groups is 1. The second kappa shape index (κ2) is 5.43. The van der Waals surface area contributed by atoms with Crippen LogP contribution >= 0.6 is 0 Å².